The summed E-state index contributed by atoms with van der Waals surface area (Å²) in [6.07, 6.45) is 2.30. The number of ether oxygens (including phenoxy) is 1. The van der Waals surface area contributed by atoms with E-state index in [4.69, 9.17) is 16.3 Å². The molecule has 0 aliphatic heterocycles. The van der Waals surface area contributed by atoms with Crippen LogP contribution < -0.4 is 10.9 Å². The van der Waals surface area contributed by atoms with Crippen molar-refractivity contribution in [3.63, 3.8) is 0 Å². The van der Waals surface area contributed by atoms with Crippen LogP contribution in [0.3, 0.4) is 0 Å². The molecule has 1 heterocycles. The molecule has 8 heteroatoms. The van der Waals surface area contributed by atoms with Crippen LogP contribution in [0.5, 0.6) is 0 Å². The fraction of sp³-hybridized carbons (Fsp3) is 0.389. The van der Waals surface area contributed by atoms with Gasteiger partial charge in [-0.05, 0) is 31.5 Å². The highest BCUT2D eigenvalue weighted by Gasteiger charge is 2.13. The summed E-state index contributed by atoms with van der Waals surface area (Å²) in [6.45, 7) is 7.56. The van der Waals surface area contributed by atoms with E-state index in [0.717, 1.165) is 0 Å². The minimum absolute atomic E-state index is 0.142. The van der Waals surface area contributed by atoms with Gasteiger partial charge < -0.3 is 10.1 Å². The van der Waals surface area contributed by atoms with Crippen molar-refractivity contribution in [3.05, 3.63) is 46.2 Å². The molecule has 140 valence electrons. The maximum absolute atomic E-state index is 12.9. The number of carbonyl (C=O) groups is 1. The van der Waals surface area contributed by atoms with Gasteiger partial charge in [-0.1, -0.05) is 29.4 Å². The molecule has 0 unspecified atom stereocenters. The largest absolute Gasteiger partial charge is 0.382 e. The number of thioether (sulfide) groups is 1. The van der Waals surface area contributed by atoms with E-state index in [1.165, 1.54) is 11.8 Å². The zero-order valence-electron chi connectivity index (χ0n) is 14.7. The molecule has 6 nitrogen and oxygen atoms in total. The predicted molar refractivity (Wildman–Crippen MR) is 106 cm³/mol. The SMILES string of the molecule is C=CCNC(=O)CSc1nc2cc(Cl)ccc2c(=O)n1CCCOCC. The van der Waals surface area contributed by atoms with E-state index in [0.29, 0.717) is 53.8 Å². The van der Waals surface area contributed by atoms with Crippen molar-refractivity contribution in [3.8, 4) is 0 Å². The second-order valence-corrected chi connectivity index (χ2v) is 6.82. The number of benzene rings is 1. The lowest BCUT2D eigenvalue weighted by Crippen LogP contribution is -2.27. The summed E-state index contributed by atoms with van der Waals surface area (Å²) in [6, 6.07) is 5.01. The molecule has 1 N–H and O–H groups in total. The van der Waals surface area contributed by atoms with Gasteiger partial charge in [0, 0.05) is 31.3 Å². The van der Waals surface area contributed by atoms with Gasteiger partial charge in [0.1, 0.15) is 0 Å². The lowest BCUT2D eigenvalue weighted by Gasteiger charge is -2.13. The van der Waals surface area contributed by atoms with Gasteiger partial charge in [-0.25, -0.2) is 4.98 Å². The maximum Gasteiger partial charge on any atom is 0.262 e. The number of rotatable bonds is 10. The fourth-order valence-electron chi connectivity index (χ4n) is 2.32. The molecule has 26 heavy (non-hydrogen) atoms. The second-order valence-electron chi connectivity index (χ2n) is 5.44. The van der Waals surface area contributed by atoms with E-state index in [1.807, 2.05) is 6.92 Å². The van der Waals surface area contributed by atoms with Gasteiger partial charge in [0.15, 0.2) is 5.16 Å². The third-order valence-corrected chi connectivity index (χ3v) is 4.74. The van der Waals surface area contributed by atoms with E-state index < -0.39 is 0 Å². The van der Waals surface area contributed by atoms with Gasteiger partial charge in [-0.3, -0.25) is 14.2 Å². The molecule has 0 bridgehead atoms. The Morgan fingerprint density at radius 2 is 2.31 bits per heavy atom. The Balaban J connectivity index is 2.29. The molecular formula is C18H22ClN3O3S. The van der Waals surface area contributed by atoms with Crippen molar-refractivity contribution in [2.45, 2.75) is 25.0 Å². The zero-order valence-corrected chi connectivity index (χ0v) is 16.2. The summed E-state index contributed by atoms with van der Waals surface area (Å²) in [4.78, 5) is 29.3. The standard InChI is InChI=1S/C18H22ClN3O3S/c1-3-8-20-16(23)12-26-18-21-15-11-13(19)6-7-14(15)17(24)22(18)9-5-10-25-4-2/h3,6-7,11H,1,4-5,8-10,12H2,2H3,(H,20,23). The minimum Gasteiger partial charge on any atom is -0.382 e. The van der Waals surface area contributed by atoms with Crippen LogP contribution in [0.15, 0.2) is 40.8 Å². The Morgan fingerprint density at radius 3 is 3.04 bits per heavy atom. The van der Waals surface area contributed by atoms with E-state index in [2.05, 4.69) is 16.9 Å². The summed E-state index contributed by atoms with van der Waals surface area (Å²) >= 11 is 7.25. The first-order chi connectivity index (χ1) is 12.6. The predicted octanol–water partition coefficient (Wildman–Crippen LogP) is 2.87. The molecule has 2 aromatic rings. The van der Waals surface area contributed by atoms with E-state index in [-0.39, 0.29) is 17.2 Å². The van der Waals surface area contributed by atoms with Crippen molar-refractivity contribution < 1.29 is 9.53 Å². The number of amides is 1. The van der Waals surface area contributed by atoms with Crippen molar-refractivity contribution in [2.24, 2.45) is 0 Å². The number of carbonyl (C=O) groups excluding carboxylic acids is 1. The number of halogens is 1. The van der Waals surface area contributed by atoms with Crippen molar-refractivity contribution in [1.82, 2.24) is 14.9 Å². The van der Waals surface area contributed by atoms with Crippen LogP contribution >= 0.6 is 23.4 Å². The molecule has 1 aromatic carbocycles. The minimum atomic E-state index is -0.142. The zero-order chi connectivity index (χ0) is 18.9. The van der Waals surface area contributed by atoms with Crippen LogP contribution in [-0.4, -0.2) is 41.0 Å². The highest BCUT2D eigenvalue weighted by molar-refractivity contribution is 7.99. The molecular weight excluding hydrogens is 374 g/mol. The molecule has 0 aliphatic carbocycles. The number of fused-ring (bicyclic) bond motifs is 1. The van der Waals surface area contributed by atoms with Gasteiger partial charge in [-0.2, -0.15) is 0 Å². The summed E-state index contributed by atoms with van der Waals surface area (Å²) < 4.78 is 6.95. The normalized spacial score (nSPS) is 10.8. The highest BCUT2D eigenvalue weighted by atomic mass is 35.5. The van der Waals surface area contributed by atoms with Crippen molar-refractivity contribution >= 4 is 40.2 Å². The summed E-state index contributed by atoms with van der Waals surface area (Å²) in [7, 11) is 0. The summed E-state index contributed by atoms with van der Waals surface area (Å²) in [5, 5.41) is 4.22. The molecule has 1 amide bonds. The van der Waals surface area contributed by atoms with Gasteiger partial charge in [0.05, 0.1) is 16.7 Å². The van der Waals surface area contributed by atoms with Gasteiger partial charge in [-0.15, -0.1) is 6.58 Å². The summed E-state index contributed by atoms with van der Waals surface area (Å²) in [5.41, 5.74) is 0.384. The first-order valence-electron chi connectivity index (χ1n) is 8.35. The highest BCUT2D eigenvalue weighted by Crippen LogP contribution is 2.20. The molecule has 0 saturated carbocycles. The van der Waals surface area contributed by atoms with Gasteiger partial charge in [0.25, 0.3) is 5.56 Å². The van der Waals surface area contributed by atoms with Crippen LogP contribution in [0.4, 0.5) is 0 Å². The van der Waals surface area contributed by atoms with Crippen LogP contribution in [0.1, 0.15) is 13.3 Å². The van der Waals surface area contributed by atoms with E-state index >= 15 is 0 Å². The third kappa shape index (κ3) is 5.59. The molecule has 2 rings (SSSR count). The van der Waals surface area contributed by atoms with Crippen LogP contribution in [-0.2, 0) is 16.1 Å². The van der Waals surface area contributed by atoms with Crippen molar-refractivity contribution in [1.29, 1.82) is 0 Å². The number of hydrogen-bond acceptors (Lipinski definition) is 5. The molecule has 0 spiro atoms. The lowest BCUT2D eigenvalue weighted by atomic mass is 10.2. The molecule has 0 radical (unpaired) electrons. The van der Waals surface area contributed by atoms with Gasteiger partial charge in [0.2, 0.25) is 5.91 Å². The number of nitrogens with one attached hydrogen (secondary N) is 1. The second kappa shape index (κ2) is 10.4. The van der Waals surface area contributed by atoms with Crippen molar-refractivity contribution in [2.75, 3.05) is 25.5 Å². The molecule has 0 atom stereocenters. The van der Waals surface area contributed by atoms with Gasteiger partial charge >= 0.3 is 0 Å². The molecule has 0 aliphatic rings. The quantitative estimate of drug-likeness (QED) is 0.290. The Hall–Kier alpha value is -1.83. The van der Waals surface area contributed by atoms with E-state index in [9.17, 15) is 9.59 Å². The summed E-state index contributed by atoms with van der Waals surface area (Å²) in [5.74, 6) is 0.0221. The van der Waals surface area contributed by atoms with Crippen LogP contribution in [0.25, 0.3) is 10.9 Å². The smallest absolute Gasteiger partial charge is 0.262 e. The molecule has 0 saturated heterocycles. The Labute approximate surface area is 161 Å². The Morgan fingerprint density at radius 1 is 1.50 bits per heavy atom. The van der Waals surface area contributed by atoms with E-state index in [1.54, 1.807) is 28.8 Å². The Bertz CT molecular complexity index is 838. The first kappa shape index (κ1) is 20.5. The first-order valence-corrected chi connectivity index (χ1v) is 9.71. The van der Waals surface area contributed by atoms with Crippen LogP contribution in [0.2, 0.25) is 5.02 Å². The maximum atomic E-state index is 12.9. The number of hydrogen-bond donors (Lipinski definition) is 1. The average molecular weight is 396 g/mol. The lowest BCUT2D eigenvalue weighted by molar-refractivity contribution is -0.118. The average Bonchev–Trinajstić information content (AvgIpc) is 2.63. The Kier molecular flexibility index (Phi) is 8.15. The number of aromatic nitrogens is 2. The number of nitrogens with zero attached hydrogens (tertiary/aromatic N) is 2. The topological polar surface area (TPSA) is 73.2 Å². The molecule has 0 fully saturated rings. The molecule has 1 aromatic heterocycles. The fourth-order valence-corrected chi connectivity index (χ4v) is 3.34. The van der Waals surface area contributed by atoms with Crippen LogP contribution in [0, 0.1) is 0 Å². The third-order valence-electron chi connectivity index (χ3n) is 3.53. The monoisotopic (exact) mass is 395 g/mol.